The van der Waals surface area contributed by atoms with E-state index in [1.54, 1.807) is 14.2 Å². The summed E-state index contributed by atoms with van der Waals surface area (Å²) in [5, 5.41) is 4.72. The fraction of sp³-hybridized carbons (Fsp3) is 0.318. The molecule has 0 aliphatic carbocycles. The van der Waals surface area contributed by atoms with Gasteiger partial charge in [0, 0.05) is 11.3 Å². The summed E-state index contributed by atoms with van der Waals surface area (Å²) in [6.45, 7) is 4.13. The van der Waals surface area contributed by atoms with Gasteiger partial charge in [0.25, 0.3) is 10.1 Å². The summed E-state index contributed by atoms with van der Waals surface area (Å²) in [4.78, 5) is 0. The van der Waals surface area contributed by atoms with Gasteiger partial charge in [-0.15, -0.1) is 0 Å². The number of hydrogen-bond donors (Lipinski definition) is 0. The van der Waals surface area contributed by atoms with E-state index in [1.807, 2.05) is 61.0 Å². The number of rotatable bonds is 8. The lowest BCUT2D eigenvalue weighted by molar-refractivity contribution is 0.326. The van der Waals surface area contributed by atoms with Crippen molar-refractivity contribution < 1.29 is 22.1 Å². The second-order valence-electron chi connectivity index (χ2n) is 6.97. The molecule has 0 atom stereocenters. The van der Waals surface area contributed by atoms with E-state index in [0.29, 0.717) is 17.9 Å². The van der Waals surface area contributed by atoms with E-state index in [-0.39, 0.29) is 6.61 Å². The molecule has 0 aliphatic heterocycles. The first-order chi connectivity index (χ1) is 14.2. The summed E-state index contributed by atoms with van der Waals surface area (Å²) in [7, 11) is -0.187. The number of methoxy groups -OCH3 is 2. The monoisotopic (exact) mass is 430 g/mol. The molecule has 8 heteroatoms. The largest absolute Gasteiger partial charge is 0.493 e. The van der Waals surface area contributed by atoms with Crippen LogP contribution in [-0.2, 0) is 20.7 Å². The predicted molar refractivity (Wildman–Crippen MR) is 116 cm³/mol. The van der Waals surface area contributed by atoms with E-state index in [9.17, 15) is 8.42 Å². The average molecular weight is 431 g/mol. The third kappa shape index (κ3) is 4.83. The first kappa shape index (κ1) is 21.9. The summed E-state index contributed by atoms with van der Waals surface area (Å²) >= 11 is 0. The molecule has 7 nitrogen and oxygen atoms in total. The number of hydrogen-bond acceptors (Lipinski definition) is 6. The van der Waals surface area contributed by atoms with Crippen molar-refractivity contribution in [2.45, 2.75) is 20.3 Å². The van der Waals surface area contributed by atoms with Gasteiger partial charge in [0.05, 0.1) is 38.5 Å². The van der Waals surface area contributed by atoms with Gasteiger partial charge in [0.15, 0.2) is 11.5 Å². The molecule has 3 rings (SSSR count). The molecule has 0 saturated heterocycles. The molecule has 0 N–H and O–H groups in total. The van der Waals surface area contributed by atoms with Crippen LogP contribution in [0, 0.1) is 13.8 Å². The maximum atomic E-state index is 11.1. The van der Waals surface area contributed by atoms with Crippen molar-refractivity contribution in [1.82, 2.24) is 9.78 Å². The van der Waals surface area contributed by atoms with Crippen molar-refractivity contribution in [3.8, 4) is 28.3 Å². The average Bonchev–Trinajstić information content (AvgIpc) is 3.01. The Balaban J connectivity index is 1.87. The first-order valence-electron chi connectivity index (χ1n) is 9.46. The highest BCUT2D eigenvalue weighted by Crippen LogP contribution is 2.35. The van der Waals surface area contributed by atoms with Crippen molar-refractivity contribution in [3.05, 3.63) is 59.4 Å². The standard InChI is InChI=1S/C22H26N2O5S/c1-15-22(18-8-11-20(27-3)21(14-18)28-4)16(2)24(23-15)19-9-6-17(7-10-19)12-13-29-30(5,25)26/h6-11,14H,12-13H2,1-5H3. The zero-order chi connectivity index (χ0) is 21.9. The van der Waals surface area contributed by atoms with E-state index in [4.69, 9.17) is 18.8 Å². The maximum absolute atomic E-state index is 11.1. The van der Waals surface area contributed by atoms with Crippen molar-refractivity contribution >= 4 is 10.1 Å². The quantitative estimate of drug-likeness (QED) is 0.507. The minimum absolute atomic E-state index is 0.127. The van der Waals surface area contributed by atoms with Gasteiger partial charge < -0.3 is 9.47 Å². The molecule has 3 aromatic rings. The summed E-state index contributed by atoms with van der Waals surface area (Å²) in [6, 6.07) is 13.7. The smallest absolute Gasteiger partial charge is 0.264 e. The van der Waals surface area contributed by atoms with Gasteiger partial charge in [-0.3, -0.25) is 4.18 Å². The zero-order valence-corrected chi connectivity index (χ0v) is 18.6. The van der Waals surface area contributed by atoms with E-state index in [2.05, 4.69) is 0 Å². The lowest BCUT2D eigenvalue weighted by Gasteiger charge is -2.10. The van der Waals surface area contributed by atoms with Crippen LogP contribution in [0.1, 0.15) is 17.0 Å². The fourth-order valence-corrected chi connectivity index (χ4v) is 3.80. The summed E-state index contributed by atoms with van der Waals surface area (Å²) in [5.74, 6) is 1.35. The van der Waals surface area contributed by atoms with Crippen LogP contribution >= 0.6 is 0 Å². The van der Waals surface area contributed by atoms with Crippen LogP contribution in [-0.4, -0.2) is 45.3 Å². The molecule has 2 aromatic carbocycles. The molecule has 0 bridgehead atoms. The molecular formula is C22H26N2O5S. The Morgan fingerprint density at radius 2 is 1.63 bits per heavy atom. The van der Waals surface area contributed by atoms with E-state index in [1.165, 1.54) is 0 Å². The van der Waals surface area contributed by atoms with Crippen LogP contribution in [0.3, 0.4) is 0 Å². The van der Waals surface area contributed by atoms with Gasteiger partial charge in [-0.2, -0.15) is 13.5 Å². The highest BCUT2D eigenvalue weighted by Gasteiger charge is 2.16. The number of benzene rings is 2. The molecule has 0 saturated carbocycles. The summed E-state index contributed by atoms with van der Waals surface area (Å²) in [6.07, 6.45) is 1.57. The Bertz CT molecular complexity index is 1140. The molecule has 0 aliphatic rings. The third-order valence-corrected chi connectivity index (χ3v) is 5.43. The summed E-state index contributed by atoms with van der Waals surface area (Å²) in [5.41, 5.74) is 5.88. The molecule has 30 heavy (non-hydrogen) atoms. The van der Waals surface area contributed by atoms with Crippen molar-refractivity contribution in [2.24, 2.45) is 0 Å². The van der Waals surface area contributed by atoms with Crippen LogP contribution < -0.4 is 9.47 Å². The zero-order valence-electron chi connectivity index (χ0n) is 17.8. The lowest BCUT2D eigenvalue weighted by atomic mass is 10.0. The van der Waals surface area contributed by atoms with E-state index >= 15 is 0 Å². The Kier molecular flexibility index (Phi) is 6.48. The van der Waals surface area contributed by atoms with Crippen LogP contribution in [0.4, 0.5) is 0 Å². The maximum Gasteiger partial charge on any atom is 0.264 e. The van der Waals surface area contributed by atoms with E-state index in [0.717, 1.165) is 40.0 Å². The highest BCUT2D eigenvalue weighted by molar-refractivity contribution is 7.85. The first-order valence-corrected chi connectivity index (χ1v) is 11.3. The number of aryl methyl sites for hydroxylation is 1. The van der Waals surface area contributed by atoms with Crippen molar-refractivity contribution in [2.75, 3.05) is 27.1 Å². The molecule has 1 aromatic heterocycles. The van der Waals surface area contributed by atoms with Crippen molar-refractivity contribution in [3.63, 3.8) is 0 Å². The molecular weight excluding hydrogens is 404 g/mol. The number of ether oxygens (including phenoxy) is 2. The molecule has 0 radical (unpaired) electrons. The van der Waals surface area contributed by atoms with Gasteiger partial charge >= 0.3 is 0 Å². The van der Waals surface area contributed by atoms with Crippen LogP contribution in [0.15, 0.2) is 42.5 Å². The number of aromatic nitrogens is 2. The summed E-state index contributed by atoms with van der Waals surface area (Å²) < 4.78 is 39.6. The van der Waals surface area contributed by atoms with Crippen LogP contribution in [0.5, 0.6) is 11.5 Å². The molecule has 0 amide bonds. The van der Waals surface area contributed by atoms with Gasteiger partial charge in [-0.1, -0.05) is 18.2 Å². The van der Waals surface area contributed by atoms with Gasteiger partial charge in [0.1, 0.15) is 0 Å². The van der Waals surface area contributed by atoms with Gasteiger partial charge in [0.2, 0.25) is 0 Å². The predicted octanol–water partition coefficient (Wildman–Crippen LogP) is 3.69. The second-order valence-corrected chi connectivity index (χ2v) is 8.61. The molecule has 0 unspecified atom stereocenters. The Morgan fingerprint density at radius 3 is 2.23 bits per heavy atom. The van der Waals surface area contributed by atoms with Crippen LogP contribution in [0.25, 0.3) is 16.8 Å². The van der Waals surface area contributed by atoms with Gasteiger partial charge in [-0.25, -0.2) is 4.68 Å². The topological polar surface area (TPSA) is 79.7 Å². The van der Waals surface area contributed by atoms with E-state index < -0.39 is 10.1 Å². The number of nitrogens with zero attached hydrogens (tertiary/aromatic N) is 2. The molecule has 0 spiro atoms. The molecule has 0 fully saturated rings. The molecule has 1 heterocycles. The SMILES string of the molecule is COc1ccc(-c2c(C)nn(-c3ccc(CCOS(C)(=O)=O)cc3)c2C)cc1OC. The molecule has 160 valence electrons. The lowest BCUT2D eigenvalue weighted by Crippen LogP contribution is -2.06. The minimum atomic E-state index is -3.42. The Morgan fingerprint density at radius 1 is 0.967 bits per heavy atom. The Labute approximate surface area is 177 Å². The normalized spacial score (nSPS) is 11.5. The van der Waals surface area contributed by atoms with Gasteiger partial charge in [-0.05, 0) is 55.7 Å². The highest BCUT2D eigenvalue weighted by atomic mass is 32.2. The fourth-order valence-electron chi connectivity index (χ4n) is 3.42. The van der Waals surface area contributed by atoms with Crippen LogP contribution in [0.2, 0.25) is 0 Å². The van der Waals surface area contributed by atoms with Crippen molar-refractivity contribution in [1.29, 1.82) is 0 Å². The third-order valence-electron chi connectivity index (χ3n) is 4.83. The second kappa shape index (κ2) is 8.89. The Hall–Kier alpha value is -2.84. The minimum Gasteiger partial charge on any atom is -0.493 e.